The average Bonchev–Trinajstić information content (AvgIpc) is 2.73. The first kappa shape index (κ1) is 21.0. The minimum Gasteiger partial charge on any atom is -0.508 e. The van der Waals surface area contributed by atoms with Crippen LogP contribution in [0, 0.1) is 5.92 Å². The predicted molar refractivity (Wildman–Crippen MR) is 108 cm³/mol. The molecule has 2 N–H and O–H groups in total. The molecule has 1 fully saturated rings. The largest absolute Gasteiger partial charge is 0.508 e. The predicted octanol–water partition coefficient (Wildman–Crippen LogP) is 4.26. The van der Waals surface area contributed by atoms with Crippen LogP contribution >= 0.6 is 0 Å². The molecule has 3 atom stereocenters. The van der Waals surface area contributed by atoms with Crippen molar-refractivity contribution < 1.29 is 24.5 Å². The Morgan fingerprint density at radius 1 is 1.21 bits per heavy atom. The zero-order valence-corrected chi connectivity index (χ0v) is 16.3. The summed E-state index contributed by atoms with van der Waals surface area (Å²) in [6.07, 6.45) is 9.62. The number of hydrogen-bond acceptors (Lipinski definition) is 5. The highest BCUT2D eigenvalue weighted by Gasteiger charge is 2.33. The summed E-state index contributed by atoms with van der Waals surface area (Å²) in [6, 6.07) is 11.2. The molecule has 6 nitrogen and oxygen atoms in total. The molecule has 0 spiro atoms. The molecule has 1 aromatic carbocycles. The van der Waals surface area contributed by atoms with E-state index in [2.05, 4.69) is 4.98 Å². The standard InChI is InChI=1S/C23H27NO5/c25-20-10-5-4-9-19(20)23-18(8-2-1-3-11-21(26)27)16-28-22(29-23)13-12-17-7-6-14-24-15-17/h1-2,4-7,9-10,14-15,18,22-23,25H,3,8,11-13,16H2,(H,26,27)/b2-1-. The molecule has 29 heavy (non-hydrogen) atoms. The minimum absolute atomic E-state index is 0.0408. The van der Waals surface area contributed by atoms with Gasteiger partial charge in [0.2, 0.25) is 0 Å². The Morgan fingerprint density at radius 2 is 2.07 bits per heavy atom. The third kappa shape index (κ3) is 6.41. The third-order valence-corrected chi connectivity index (χ3v) is 4.99. The number of aliphatic carboxylic acids is 1. The van der Waals surface area contributed by atoms with Crippen LogP contribution in [0.3, 0.4) is 0 Å². The fraction of sp³-hybridized carbons (Fsp3) is 0.391. The van der Waals surface area contributed by atoms with Crippen LogP contribution in [0.1, 0.15) is 42.9 Å². The zero-order chi connectivity index (χ0) is 20.5. The lowest BCUT2D eigenvalue weighted by Crippen LogP contribution is -2.35. The van der Waals surface area contributed by atoms with Crippen molar-refractivity contribution in [3.05, 3.63) is 72.1 Å². The summed E-state index contributed by atoms with van der Waals surface area (Å²) < 4.78 is 12.2. The number of hydrogen-bond donors (Lipinski definition) is 2. The molecule has 0 aliphatic carbocycles. The second-order valence-electron chi connectivity index (χ2n) is 7.18. The van der Waals surface area contributed by atoms with Gasteiger partial charge in [0.25, 0.3) is 0 Å². The number of para-hydroxylation sites is 1. The number of aromatic hydroxyl groups is 1. The fourth-order valence-corrected chi connectivity index (χ4v) is 3.46. The number of carbonyl (C=O) groups is 1. The van der Waals surface area contributed by atoms with Crippen molar-refractivity contribution in [2.75, 3.05) is 6.61 Å². The normalized spacial score (nSPS) is 22.0. The van der Waals surface area contributed by atoms with Crippen LogP contribution in [0.4, 0.5) is 0 Å². The van der Waals surface area contributed by atoms with E-state index in [4.69, 9.17) is 14.6 Å². The van der Waals surface area contributed by atoms with Gasteiger partial charge < -0.3 is 19.7 Å². The Hall–Kier alpha value is -2.70. The van der Waals surface area contributed by atoms with Crippen LogP contribution in [0.5, 0.6) is 5.75 Å². The number of nitrogens with zero attached hydrogens (tertiary/aromatic N) is 1. The quantitative estimate of drug-likeness (QED) is 0.615. The number of phenols is 1. The lowest BCUT2D eigenvalue weighted by molar-refractivity contribution is -0.240. The van der Waals surface area contributed by atoms with Gasteiger partial charge in [0, 0.05) is 36.7 Å². The highest BCUT2D eigenvalue weighted by atomic mass is 16.7. The van der Waals surface area contributed by atoms with Gasteiger partial charge in [-0.2, -0.15) is 0 Å². The number of aryl methyl sites for hydroxylation is 1. The summed E-state index contributed by atoms with van der Waals surface area (Å²) in [7, 11) is 0. The molecule has 6 heteroatoms. The van der Waals surface area contributed by atoms with Gasteiger partial charge in [-0.05, 0) is 37.0 Å². The Labute approximate surface area is 170 Å². The van der Waals surface area contributed by atoms with Gasteiger partial charge in [-0.15, -0.1) is 0 Å². The molecule has 154 valence electrons. The van der Waals surface area contributed by atoms with Crippen molar-refractivity contribution in [1.82, 2.24) is 4.98 Å². The number of pyridine rings is 1. The van der Waals surface area contributed by atoms with Gasteiger partial charge in [0.15, 0.2) is 6.29 Å². The molecule has 0 radical (unpaired) electrons. The van der Waals surface area contributed by atoms with E-state index in [1.165, 1.54) is 0 Å². The van der Waals surface area contributed by atoms with E-state index in [1.807, 2.05) is 42.6 Å². The average molecular weight is 397 g/mol. The van der Waals surface area contributed by atoms with E-state index in [0.717, 1.165) is 17.5 Å². The third-order valence-electron chi connectivity index (χ3n) is 4.99. The van der Waals surface area contributed by atoms with Crippen molar-refractivity contribution in [3.8, 4) is 5.75 Å². The van der Waals surface area contributed by atoms with Gasteiger partial charge >= 0.3 is 5.97 Å². The second kappa shape index (κ2) is 10.7. The molecule has 1 aliphatic heterocycles. The zero-order valence-electron chi connectivity index (χ0n) is 16.3. The van der Waals surface area contributed by atoms with Crippen molar-refractivity contribution in [3.63, 3.8) is 0 Å². The van der Waals surface area contributed by atoms with Gasteiger partial charge in [-0.3, -0.25) is 9.78 Å². The molecule has 3 unspecified atom stereocenters. The van der Waals surface area contributed by atoms with Crippen LogP contribution < -0.4 is 0 Å². The number of allylic oxidation sites excluding steroid dienone is 2. The Morgan fingerprint density at radius 3 is 2.83 bits per heavy atom. The highest BCUT2D eigenvalue weighted by Crippen LogP contribution is 2.39. The molecule has 0 amide bonds. The van der Waals surface area contributed by atoms with Crippen molar-refractivity contribution in [2.24, 2.45) is 5.92 Å². The van der Waals surface area contributed by atoms with E-state index >= 15 is 0 Å². The molecule has 3 rings (SSSR count). The maximum atomic E-state index is 10.6. The molecule has 1 aliphatic rings. The van der Waals surface area contributed by atoms with E-state index in [1.54, 1.807) is 18.3 Å². The smallest absolute Gasteiger partial charge is 0.303 e. The van der Waals surface area contributed by atoms with Crippen LogP contribution in [-0.2, 0) is 20.7 Å². The SMILES string of the molecule is O=C(O)CC/C=C\CC1COC(CCc2cccnc2)OC1c1ccccc1O. The number of carboxylic acids is 1. The topological polar surface area (TPSA) is 88.9 Å². The van der Waals surface area contributed by atoms with Gasteiger partial charge in [0.1, 0.15) is 5.75 Å². The lowest BCUT2D eigenvalue weighted by Gasteiger charge is -2.37. The minimum atomic E-state index is -0.803. The van der Waals surface area contributed by atoms with Crippen molar-refractivity contribution in [2.45, 2.75) is 44.5 Å². The molecule has 1 aromatic heterocycles. The summed E-state index contributed by atoms with van der Waals surface area (Å²) in [5.74, 6) is -0.549. The molecular formula is C23H27NO5. The van der Waals surface area contributed by atoms with Crippen molar-refractivity contribution in [1.29, 1.82) is 0 Å². The number of rotatable bonds is 9. The summed E-state index contributed by atoms with van der Waals surface area (Å²) in [5, 5.41) is 19.1. The summed E-state index contributed by atoms with van der Waals surface area (Å²) >= 11 is 0. The number of ether oxygens (including phenoxy) is 2. The maximum absolute atomic E-state index is 10.6. The Bertz CT molecular complexity index is 808. The second-order valence-corrected chi connectivity index (χ2v) is 7.18. The van der Waals surface area contributed by atoms with Gasteiger partial charge in [-0.25, -0.2) is 0 Å². The van der Waals surface area contributed by atoms with E-state index in [-0.39, 0.29) is 30.5 Å². The summed E-state index contributed by atoms with van der Waals surface area (Å²) in [6.45, 7) is 0.514. The fourth-order valence-electron chi connectivity index (χ4n) is 3.46. The van der Waals surface area contributed by atoms with Crippen LogP contribution in [-0.4, -0.2) is 34.1 Å². The number of benzene rings is 1. The Kier molecular flexibility index (Phi) is 7.78. The summed E-state index contributed by atoms with van der Waals surface area (Å²) in [4.78, 5) is 14.8. The van der Waals surface area contributed by atoms with Gasteiger partial charge in [0.05, 0.1) is 12.7 Å². The maximum Gasteiger partial charge on any atom is 0.303 e. The number of phenolic OH excluding ortho intramolecular Hbond substituents is 1. The molecule has 2 heterocycles. The van der Waals surface area contributed by atoms with E-state index < -0.39 is 5.97 Å². The van der Waals surface area contributed by atoms with Gasteiger partial charge in [-0.1, -0.05) is 36.4 Å². The molecule has 1 saturated heterocycles. The first-order chi connectivity index (χ1) is 14.1. The lowest BCUT2D eigenvalue weighted by atomic mass is 9.91. The summed E-state index contributed by atoms with van der Waals surface area (Å²) in [5.41, 5.74) is 1.88. The van der Waals surface area contributed by atoms with E-state index in [0.29, 0.717) is 25.9 Å². The molecule has 0 bridgehead atoms. The monoisotopic (exact) mass is 397 g/mol. The van der Waals surface area contributed by atoms with Crippen LogP contribution in [0.15, 0.2) is 60.9 Å². The Balaban J connectivity index is 1.64. The van der Waals surface area contributed by atoms with Crippen molar-refractivity contribution >= 4 is 5.97 Å². The number of aromatic nitrogens is 1. The molecule has 0 saturated carbocycles. The first-order valence-corrected chi connectivity index (χ1v) is 9.94. The van der Waals surface area contributed by atoms with Crippen LogP contribution in [0.25, 0.3) is 0 Å². The first-order valence-electron chi connectivity index (χ1n) is 9.94. The molecule has 2 aromatic rings. The van der Waals surface area contributed by atoms with Crippen LogP contribution in [0.2, 0.25) is 0 Å². The highest BCUT2D eigenvalue weighted by molar-refractivity contribution is 5.66. The number of carboxylic acid groups (broad SMARTS) is 1. The van der Waals surface area contributed by atoms with E-state index in [9.17, 15) is 9.90 Å². The molecular weight excluding hydrogens is 370 g/mol.